The average molecular weight is 223 g/mol. The summed E-state index contributed by atoms with van der Waals surface area (Å²) in [7, 11) is 0. The van der Waals surface area contributed by atoms with Gasteiger partial charge in [0.1, 0.15) is 11.6 Å². The Labute approximate surface area is 95.1 Å². The predicted molar refractivity (Wildman–Crippen MR) is 67.8 cm³/mol. The second kappa shape index (κ2) is 5.26. The zero-order chi connectivity index (χ0) is 10.5. The summed E-state index contributed by atoms with van der Waals surface area (Å²) in [5, 5.41) is 6.68. The van der Waals surface area contributed by atoms with Gasteiger partial charge in [0.2, 0.25) is 0 Å². The molecule has 0 radical (unpaired) electrons. The Kier molecular flexibility index (Phi) is 3.72. The highest BCUT2D eigenvalue weighted by Crippen LogP contribution is 2.20. The minimum atomic E-state index is 0.597. The quantitative estimate of drug-likeness (QED) is 0.822. The SMILES string of the molecule is CCNc1cccc(NC2CCSC2)n1. The third-order valence-corrected chi connectivity index (χ3v) is 3.55. The van der Waals surface area contributed by atoms with Gasteiger partial charge in [0.15, 0.2) is 0 Å². The molecule has 1 aromatic heterocycles. The first-order valence-electron chi connectivity index (χ1n) is 5.43. The highest BCUT2D eigenvalue weighted by atomic mass is 32.2. The highest BCUT2D eigenvalue weighted by Gasteiger charge is 2.15. The van der Waals surface area contributed by atoms with Crippen molar-refractivity contribution in [2.45, 2.75) is 19.4 Å². The van der Waals surface area contributed by atoms with E-state index in [4.69, 9.17) is 0 Å². The zero-order valence-electron chi connectivity index (χ0n) is 8.99. The zero-order valence-corrected chi connectivity index (χ0v) is 9.81. The molecule has 1 unspecified atom stereocenters. The van der Waals surface area contributed by atoms with E-state index in [0.29, 0.717) is 6.04 Å². The number of pyridine rings is 1. The molecule has 0 bridgehead atoms. The van der Waals surface area contributed by atoms with Gasteiger partial charge in [0, 0.05) is 18.3 Å². The molecule has 1 aromatic rings. The van der Waals surface area contributed by atoms with E-state index in [-0.39, 0.29) is 0 Å². The van der Waals surface area contributed by atoms with Crippen molar-refractivity contribution >= 4 is 23.4 Å². The number of hydrogen-bond acceptors (Lipinski definition) is 4. The maximum atomic E-state index is 4.49. The van der Waals surface area contributed by atoms with Gasteiger partial charge in [-0.25, -0.2) is 4.98 Å². The van der Waals surface area contributed by atoms with Gasteiger partial charge >= 0.3 is 0 Å². The van der Waals surface area contributed by atoms with Crippen LogP contribution in [0, 0.1) is 0 Å². The molecule has 0 spiro atoms. The summed E-state index contributed by atoms with van der Waals surface area (Å²) < 4.78 is 0. The van der Waals surface area contributed by atoms with E-state index in [1.165, 1.54) is 17.9 Å². The van der Waals surface area contributed by atoms with Gasteiger partial charge in [-0.15, -0.1) is 0 Å². The molecule has 2 rings (SSSR count). The van der Waals surface area contributed by atoms with Crippen molar-refractivity contribution in [2.24, 2.45) is 0 Å². The summed E-state index contributed by atoms with van der Waals surface area (Å²) in [5.41, 5.74) is 0. The molecule has 0 saturated carbocycles. The average Bonchev–Trinajstić information content (AvgIpc) is 2.71. The van der Waals surface area contributed by atoms with Gasteiger partial charge in [0.25, 0.3) is 0 Å². The lowest BCUT2D eigenvalue weighted by molar-refractivity contribution is 0.807. The molecule has 1 atom stereocenters. The second-order valence-electron chi connectivity index (χ2n) is 3.64. The second-order valence-corrected chi connectivity index (χ2v) is 4.79. The first kappa shape index (κ1) is 10.6. The smallest absolute Gasteiger partial charge is 0.128 e. The standard InChI is InChI=1S/C11H17N3S/c1-2-12-10-4-3-5-11(14-10)13-9-6-7-15-8-9/h3-5,9H,2,6-8H2,1H3,(H2,12,13,14). The van der Waals surface area contributed by atoms with Crippen LogP contribution in [0.2, 0.25) is 0 Å². The van der Waals surface area contributed by atoms with Crippen molar-refractivity contribution < 1.29 is 0 Å². The summed E-state index contributed by atoms with van der Waals surface area (Å²) in [6.07, 6.45) is 1.25. The fourth-order valence-corrected chi connectivity index (χ4v) is 2.80. The van der Waals surface area contributed by atoms with E-state index < -0.39 is 0 Å². The Morgan fingerprint density at radius 2 is 2.33 bits per heavy atom. The fraction of sp³-hybridized carbons (Fsp3) is 0.545. The van der Waals surface area contributed by atoms with Crippen molar-refractivity contribution in [1.29, 1.82) is 0 Å². The number of thioether (sulfide) groups is 1. The first-order valence-corrected chi connectivity index (χ1v) is 6.59. The van der Waals surface area contributed by atoms with Gasteiger partial charge in [0.05, 0.1) is 0 Å². The largest absolute Gasteiger partial charge is 0.370 e. The predicted octanol–water partition coefficient (Wildman–Crippen LogP) is 2.43. The van der Waals surface area contributed by atoms with Gasteiger partial charge in [-0.2, -0.15) is 11.8 Å². The van der Waals surface area contributed by atoms with Crippen molar-refractivity contribution in [2.75, 3.05) is 28.7 Å². The maximum absolute atomic E-state index is 4.49. The number of rotatable bonds is 4. The summed E-state index contributed by atoms with van der Waals surface area (Å²) in [6, 6.07) is 6.66. The van der Waals surface area contributed by atoms with Crippen LogP contribution in [0.5, 0.6) is 0 Å². The Hall–Kier alpha value is -0.900. The molecule has 1 aliphatic rings. The highest BCUT2D eigenvalue weighted by molar-refractivity contribution is 7.99. The van der Waals surface area contributed by atoms with E-state index in [0.717, 1.165) is 18.2 Å². The van der Waals surface area contributed by atoms with Crippen LogP contribution in [0.25, 0.3) is 0 Å². The summed E-state index contributed by atoms with van der Waals surface area (Å²) in [5.74, 6) is 4.41. The van der Waals surface area contributed by atoms with Crippen LogP contribution in [-0.2, 0) is 0 Å². The van der Waals surface area contributed by atoms with Crippen molar-refractivity contribution in [3.05, 3.63) is 18.2 Å². The lowest BCUT2D eigenvalue weighted by Gasteiger charge is -2.12. The van der Waals surface area contributed by atoms with Crippen LogP contribution >= 0.6 is 11.8 Å². The molecule has 0 aliphatic carbocycles. The normalized spacial score (nSPS) is 20.2. The molecule has 0 aromatic carbocycles. The molecule has 82 valence electrons. The summed E-state index contributed by atoms with van der Waals surface area (Å²) in [6.45, 7) is 2.99. The van der Waals surface area contributed by atoms with E-state index >= 15 is 0 Å². The van der Waals surface area contributed by atoms with Crippen LogP contribution in [-0.4, -0.2) is 29.1 Å². The fourth-order valence-electron chi connectivity index (χ4n) is 1.65. The molecular weight excluding hydrogens is 206 g/mol. The molecule has 15 heavy (non-hydrogen) atoms. The Balaban J connectivity index is 1.97. The van der Waals surface area contributed by atoms with Gasteiger partial charge in [-0.3, -0.25) is 0 Å². The Bertz CT molecular complexity index is 310. The summed E-state index contributed by atoms with van der Waals surface area (Å²) in [4.78, 5) is 4.49. The minimum absolute atomic E-state index is 0.597. The number of hydrogen-bond donors (Lipinski definition) is 2. The van der Waals surface area contributed by atoms with Gasteiger partial charge < -0.3 is 10.6 Å². The van der Waals surface area contributed by atoms with Gasteiger partial charge in [-0.05, 0) is 31.2 Å². The number of aromatic nitrogens is 1. The minimum Gasteiger partial charge on any atom is -0.370 e. The van der Waals surface area contributed by atoms with Gasteiger partial charge in [-0.1, -0.05) is 6.07 Å². The van der Waals surface area contributed by atoms with E-state index in [1.807, 2.05) is 30.0 Å². The number of nitrogens with one attached hydrogen (secondary N) is 2. The van der Waals surface area contributed by atoms with Crippen LogP contribution in [0.4, 0.5) is 11.6 Å². The molecule has 0 amide bonds. The van der Waals surface area contributed by atoms with E-state index in [1.54, 1.807) is 0 Å². The van der Waals surface area contributed by atoms with Crippen LogP contribution in [0.15, 0.2) is 18.2 Å². The molecule has 3 nitrogen and oxygen atoms in total. The summed E-state index contributed by atoms with van der Waals surface area (Å²) >= 11 is 2.01. The number of anilines is 2. The molecule has 1 fully saturated rings. The van der Waals surface area contributed by atoms with Crippen LogP contribution < -0.4 is 10.6 Å². The molecule has 2 heterocycles. The molecular formula is C11H17N3S. The van der Waals surface area contributed by atoms with Crippen LogP contribution in [0.1, 0.15) is 13.3 Å². The third kappa shape index (κ3) is 3.02. The monoisotopic (exact) mass is 223 g/mol. The number of nitrogens with zero attached hydrogens (tertiary/aromatic N) is 1. The molecule has 1 saturated heterocycles. The van der Waals surface area contributed by atoms with Crippen molar-refractivity contribution in [3.63, 3.8) is 0 Å². The lowest BCUT2D eigenvalue weighted by Crippen LogP contribution is -2.19. The first-order chi connectivity index (χ1) is 7.38. The molecule has 2 N–H and O–H groups in total. The molecule has 4 heteroatoms. The maximum Gasteiger partial charge on any atom is 0.128 e. The van der Waals surface area contributed by atoms with Crippen molar-refractivity contribution in [1.82, 2.24) is 4.98 Å². The van der Waals surface area contributed by atoms with Crippen LogP contribution in [0.3, 0.4) is 0 Å². The Morgan fingerprint density at radius 1 is 1.47 bits per heavy atom. The molecule has 1 aliphatic heterocycles. The van der Waals surface area contributed by atoms with E-state index in [9.17, 15) is 0 Å². The third-order valence-electron chi connectivity index (χ3n) is 2.39. The Morgan fingerprint density at radius 3 is 3.07 bits per heavy atom. The topological polar surface area (TPSA) is 37.0 Å². The van der Waals surface area contributed by atoms with E-state index in [2.05, 4.69) is 22.5 Å². The lowest BCUT2D eigenvalue weighted by atomic mass is 10.2. The van der Waals surface area contributed by atoms with Crippen molar-refractivity contribution in [3.8, 4) is 0 Å².